The van der Waals surface area contributed by atoms with Gasteiger partial charge in [-0.1, -0.05) is 5.16 Å². The van der Waals surface area contributed by atoms with Crippen molar-refractivity contribution in [2.45, 2.75) is 6.92 Å². The van der Waals surface area contributed by atoms with E-state index in [0.29, 0.717) is 17.9 Å². The maximum atomic E-state index is 11.5. The van der Waals surface area contributed by atoms with Gasteiger partial charge in [0.2, 0.25) is 0 Å². The monoisotopic (exact) mass is 235 g/mol. The Kier molecular flexibility index (Phi) is 2.73. The summed E-state index contributed by atoms with van der Waals surface area (Å²) in [6.45, 7) is 2.05. The summed E-state index contributed by atoms with van der Waals surface area (Å²) in [5.41, 5.74) is 0.853. The summed E-state index contributed by atoms with van der Waals surface area (Å²) in [6, 6.07) is 4.09. The van der Waals surface area contributed by atoms with Crippen LogP contribution in [0.15, 0.2) is 23.4 Å². The molecule has 0 aromatic heterocycles. The summed E-state index contributed by atoms with van der Waals surface area (Å²) < 4.78 is 0. The fourth-order valence-electron chi connectivity index (χ4n) is 1.47. The van der Waals surface area contributed by atoms with E-state index in [2.05, 4.69) is 10.5 Å². The van der Waals surface area contributed by atoms with Gasteiger partial charge in [0.1, 0.15) is 6.61 Å². The van der Waals surface area contributed by atoms with Gasteiger partial charge in [-0.15, -0.1) is 0 Å². The lowest BCUT2D eigenvalue weighted by Crippen LogP contribution is -2.14. The molecule has 0 spiro atoms. The highest BCUT2D eigenvalue weighted by atomic mass is 16.6. The molecule has 7 heteroatoms. The molecule has 0 atom stereocenters. The lowest BCUT2D eigenvalue weighted by molar-refractivity contribution is -0.384. The topological polar surface area (TPSA) is 93.8 Å². The molecular weight excluding hydrogens is 226 g/mol. The SMILES string of the molecule is CCO/N=C1/C(=O)Nc2ccc([N+](=O)[O-])cc21. The molecule has 0 saturated heterocycles. The minimum Gasteiger partial charge on any atom is -0.395 e. The second-order valence-corrected chi connectivity index (χ2v) is 3.30. The first-order valence-corrected chi connectivity index (χ1v) is 4.93. The highest BCUT2D eigenvalue weighted by Gasteiger charge is 2.28. The number of fused-ring (bicyclic) bond motifs is 1. The molecule has 1 heterocycles. The van der Waals surface area contributed by atoms with E-state index in [-0.39, 0.29) is 11.4 Å². The number of nitrogens with zero attached hydrogens (tertiary/aromatic N) is 2. The lowest BCUT2D eigenvalue weighted by Gasteiger charge is -1.97. The fraction of sp³-hybridized carbons (Fsp3) is 0.200. The van der Waals surface area contributed by atoms with E-state index in [1.165, 1.54) is 18.2 Å². The van der Waals surface area contributed by atoms with Gasteiger partial charge in [-0.2, -0.15) is 0 Å². The largest absolute Gasteiger partial charge is 0.395 e. The number of carbonyl (C=O) groups is 1. The first kappa shape index (κ1) is 11.1. The first-order valence-electron chi connectivity index (χ1n) is 4.93. The second kappa shape index (κ2) is 4.20. The Morgan fingerprint density at radius 1 is 1.53 bits per heavy atom. The smallest absolute Gasteiger partial charge is 0.278 e. The number of benzene rings is 1. The van der Waals surface area contributed by atoms with Gasteiger partial charge < -0.3 is 10.2 Å². The number of nitro groups is 1. The fourth-order valence-corrected chi connectivity index (χ4v) is 1.47. The highest BCUT2D eigenvalue weighted by molar-refractivity contribution is 6.53. The second-order valence-electron chi connectivity index (χ2n) is 3.30. The van der Waals surface area contributed by atoms with Crippen LogP contribution in [0, 0.1) is 10.1 Å². The van der Waals surface area contributed by atoms with Crippen LogP contribution >= 0.6 is 0 Å². The van der Waals surface area contributed by atoms with E-state index in [9.17, 15) is 14.9 Å². The molecule has 1 N–H and O–H groups in total. The van der Waals surface area contributed by atoms with E-state index < -0.39 is 10.8 Å². The third-order valence-corrected chi connectivity index (χ3v) is 2.22. The van der Waals surface area contributed by atoms with E-state index >= 15 is 0 Å². The summed E-state index contributed by atoms with van der Waals surface area (Å²) in [5, 5.41) is 16.8. The number of oxime groups is 1. The average Bonchev–Trinajstić information content (AvgIpc) is 2.61. The van der Waals surface area contributed by atoms with Gasteiger partial charge in [-0.05, 0) is 13.0 Å². The summed E-state index contributed by atoms with van der Waals surface area (Å²) in [4.78, 5) is 26.4. The van der Waals surface area contributed by atoms with Crippen LogP contribution in [0.2, 0.25) is 0 Å². The third-order valence-electron chi connectivity index (χ3n) is 2.22. The van der Waals surface area contributed by atoms with Crippen LogP contribution in [-0.4, -0.2) is 23.1 Å². The van der Waals surface area contributed by atoms with Gasteiger partial charge in [0.05, 0.1) is 10.6 Å². The number of nitro benzene ring substituents is 1. The molecule has 1 amide bonds. The van der Waals surface area contributed by atoms with Crippen LogP contribution in [0.1, 0.15) is 12.5 Å². The molecule has 0 fully saturated rings. The minimum absolute atomic E-state index is 0.0607. The minimum atomic E-state index is -0.526. The zero-order chi connectivity index (χ0) is 12.4. The maximum Gasteiger partial charge on any atom is 0.278 e. The predicted molar refractivity (Wildman–Crippen MR) is 59.9 cm³/mol. The first-order chi connectivity index (χ1) is 8.13. The Bertz CT molecular complexity index is 524. The molecule has 0 saturated carbocycles. The highest BCUT2D eigenvalue weighted by Crippen LogP contribution is 2.27. The van der Waals surface area contributed by atoms with E-state index in [1.54, 1.807) is 6.92 Å². The van der Waals surface area contributed by atoms with Crippen LogP contribution in [0.5, 0.6) is 0 Å². The number of non-ortho nitro benzene ring substituents is 1. The molecule has 7 nitrogen and oxygen atoms in total. The Labute approximate surface area is 96.2 Å². The summed E-state index contributed by atoms with van der Waals surface area (Å²) in [5.74, 6) is -0.422. The van der Waals surface area contributed by atoms with Crippen LogP contribution in [0.4, 0.5) is 11.4 Å². The molecule has 88 valence electrons. The number of nitrogens with one attached hydrogen (secondary N) is 1. The Hall–Kier alpha value is -2.44. The number of carbonyl (C=O) groups excluding carboxylic acids is 1. The number of amides is 1. The van der Waals surface area contributed by atoms with Crippen LogP contribution in [0.25, 0.3) is 0 Å². The predicted octanol–water partition coefficient (Wildman–Crippen LogP) is 1.29. The van der Waals surface area contributed by atoms with Gasteiger partial charge >= 0.3 is 0 Å². The van der Waals surface area contributed by atoms with Crippen molar-refractivity contribution in [1.29, 1.82) is 0 Å². The van der Waals surface area contributed by atoms with E-state index in [1.807, 2.05) is 0 Å². The molecule has 0 aliphatic carbocycles. The van der Waals surface area contributed by atoms with Crippen molar-refractivity contribution < 1.29 is 14.6 Å². The zero-order valence-corrected chi connectivity index (χ0v) is 8.97. The normalized spacial score (nSPS) is 15.6. The molecule has 17 heavy (non-hydrogen) atoms. The molecule has 1 aliphatic rings. The molecule has 1 aliphatic heterocycles. The van der Waals surface area contributed by atoms with Crippen molar-refractivity contribution in [3.8, 4) is 0 Å². The Balaban J connectivity index is 2.46. The Morgan fingerprint density at radius 2 is 2.29 bits per heavy atom. The van der Waals surface area contributed by atoms with E-state index in [0.717, 1.165) is 0 Å². The molecule has 2 rings (SSSR count). The van der Waals surface area contributed by atoms with Crippen LogP contribution < -0.4 is 5.32 Å². The number of hydrogen-bond acceptors (Lipinski definition) is 5. The van der Waals surface area contributed by atoms with Crippen molar-refractivity contribution in [2.24, 2.45) is 5.16 Å². The molecular formula is C10H9N3O4. The van der Waals surface area contributed by atoms with Gasteiger partial charge in [0.25, 0.3) is 11.6 Å². The molecule has 1 aromatic carbocycles. The summed E-state index contributed by atoms with van der Waals surface area (Å²) in [6.07, 6.45) is 0. The van der Waals surface area contributed by atoms with Crippen molar-refractivity contribution in [3.05, 3.63) is 33.9 Å². The molecule has 0 unspecified atom stereocenters. The number of anilines is 1. The Morgan fingerprint density at radius 3 is 2.94 bits per heavy atom. The van der Waals surface area contributed by atoms with Gasteiger partial charge in [-0.3, -0.25) is 14.9 Å². The lowest BCUT2D eigenvalue weighted by atomic mass is 10.1. The van der Waals surface area contributed by atoms with Crippen molar-refractivity contribution in [2.75, 3.05) is 11.9 Å². The van der Waals surface area contributed by atoms with Crippen molar-refractivity contribution in [3.63, 3.8) is 0 Å². The zero-order valence-electron chi connectivity index (χ0n) is 8.97. The third kappa shape index (κ3) is 1.94. The number of hydrogen-bond donors (Lipinski definition) is 1. The summed E-state index contributed by atoms with van der Waals surface area (Å²) in [7, 11) is 0. The van der Waals surface area contributed by atoms with Crippen molar-refractivity contribution in [1.82, 2.24) is 0 Å². The van der Waals surface area contributed by atoms with Gasteiger partial charge in [-0.25, -0.2) is 0 Å². The number of rotatable bonds is 3. The molecule has 0 radical (unpaired) electrons. The van der Waals surface area contributed by atoms with E-state index in [4.69, 9.17) is 4.84 Å². The van der Waals surface area contributed by atoms with Gasteiger partial charge in [0, 0.05) is 17.7 Å². The average molecular weight is 235 g/mol. The van der Waals surface area contributed by atoms with Crippen LogP contribution in [0.3, 0.4) is 0 Å². The summed E-state index contributed by atoms with van der Waals surface area (Å²) >= 11 is 0. The quantitative estimate of drug-likeness (QED) is 0.630. The maximum absolute atomic E-state index is 11.5. The molecule has 1 aromatic rings. The van der Waals surface area contributed by atoms with Gasteiger partial charge in [0.15, 0.2) is 5.71 Å². The van der Waals surface area contributed by atoms with Crippen LogP contribution in [-0.2, 0) is 9.63 Å². The standard InChI is InChI=1S/C10H9N3O4/c1-2-17-12-9-7-5-6(13(15)16)3-4-8(7)11-10(9)14/h3-5H,2H2,1H3,(H,11,12,14). The van der Waals surface area contributed by atoms with Crippen molar-refractivity contribution >= 4 is 23.0 Å². The molecule has 0 bridgehead atoms.